The maximum absolute atomic E-state index is 13.7. The molecule has 2 aliphatic rings. The number of benzene rings is 1. The van der Waals surface area contributed by atoms with Gasteiger partial charge in [0.2, 0.25) is 5.91 Å². The van der Waals surface area contributed by atoms with Crippen molar-refractivity contribution < 1.29 is 13.9 Å². The predicted molar refractivity (Wildman–Crippen MR) is 89.9 cm³/mol. The van der Waals surface area contributed by atoms with Gasteiger partial charge in [0.05, 0.1) is 13.2 Å². The maximum Gasteiger partial charge on any atom is 0.244 e. The molecule has 3 atom stereocenters. The van der Waals surface area contributed by atoms with Crippen LogP contribution >= 0.6 is 0 Å². The van der Waals surface area contributed by atoms with E-state index in [0.29, 0.717) is 50.9 Å². The number of ether oxygens (including phenoxy) is 1. The lowest BCUT2D eigenvalue weighted by atomic mass is 10.0. The van der Waals surface area contributed by atoms with Gasteiger partial charge < -0.3 is 15.4 Å². The molecule has 3 unspecified atom stereocenters. The molecule has 132 valence electrons. The van der Waals surface area contributed by atoms with Crippen LogP contribution in [0.15, 0.2) is 24.3 Å². The van der Waals surface area contributed by atoms with Gasteiger partial charge in [-0.05, 0) is 43.5 Å². The van der Waals surface area contributed by atoms with Crippen LogP contribution in [0.5, 0.6) is 0 Å². The summed E-state index contributed by atoms with van der Waals surface area (Å²) >= 11 is 0. The molecule has 2 aliphatic heterocycles. The molecule has 0 radical (unpaired) electrons. The van der Waals surface area contributed by atoms with Crippen LogP contribution in [0.4, 0.5) is 4.39 Å². The summed E-state index contributed by atoms with van der Waals surface area (Å²) in [5, 5.41) is 0. The van der Waals surface area contributed by atoms with Gasteiger partial charge in [0.15, 0.2) is 0 Å². The quantitative estimate of drug-likeness (QED) is 0.903. The van der Waals surface area contributed by atoms with E-state index in [-0.39, 0.29) is 17.8 Å². The zero-order valence-corrected chi connectivity index (χ0v) is 14.2. The number of carbonyl (C=O) groups is 1. The zero-order chi connectivity index (χ0) is 17.1. The Balaban J connectivity index is 1.87. The summed E-state index contributed by atoms with van der Waals surface area (Å²) < 4.78 is 19.2. The largest absolute Gasteiger partial charge is 0.379 e. The highest BCUT2D eigenvalue weighted by molar-refractivity contribution is 5.84. The molecular weight excluding hydrogens is 309 g/mol. The Hall–Kier alpha value is -1.50. The first-order valence-electron chi connectivity index (χ1n) is 8.68. The molecule has 1 aromatic rings. The van der Waals surface area contributed by atoms with Crippen LogP contribution in [0.25, 0.3) is 0 Å². The molecule has 0 saturated carbocycles. The Bertz CT molecular complexity index is 577. The lowest BCUT2D eigenvalue weighted by Crippen LogP contribution is -2.48. The Kier molecular flexibility index (Phi) is 5.48. The van der Waals surface area contributed by atoms with E-state index in [1.54, 1.807) is 6.07 Å². The molecule has 3 rings (SSSR count). The van der Waals surface area contributed by atoms with Crippen molar-refractivity contribution in [2.45, 2.75) is 25.4 Å². The van der Waals surface area contributed by atoms with Gasteiger partial charge >= 0.3 is 0 Å². The highest BCUT2D eigenvalue weighted by Gasteiger charge is 2.38. The Morgan fingerprint density at radius 1 is 1.42 bits per heavy atom. The SMILES string of the molecule is CC1CC(CN)CN1C(=O)C(c1cccc(F)c1)N1CCOCC1. The Labute approximate surface area is 142 Å². The normalized spacial score (nSPS) is 26.5. The zero-order valence-electron chi connectivity index (χ0n) is 14.2. The average molecular weight is 335 g/mol. The average Bonchev–Trinajstić information content (AvgIpc) is 2.97. The fourth-order valence-corrected chi connectivity index (χ4v) is 3.80. The second-order valence-electron chi connectivity index (χ2n) is 6.78. The number of likely N-dealkylation sites (tertiary alicyclic amines) is 1. The molecule has 2 fully saturated rings. The van der Waals surface area contributed by atoms with Crippen LogP contribution in [0.3, 0.4) is 0 Å². The van der Waals surface area contributed by atoms with E-state index in [1.165, 1.54) is 12.1 Å². The van der Waals surface area contributed by atoms with Crippen LogP contribution in [-0.4, -0.2) is 61.1 Å². The number of amides is 1. The monoisotopic (exact) mass is 335 g/mol. The van der Waals surface area contributed by atoms with E-state index in [2.05, 4.69) is 11.8 Å². The van der Waals surface area contributed by atoms with Crippen LogP contribution in [0.2, 0.25) is 0 Å². The van der Waals surface area contributed by atoms with Gasteiger partial charge in [-0.3, -0.25) is 9.69 Å². The summed E-state index contributed by atoms with van der Waals surface area (Å²) in [5.41, 5.74) is 6.51. The Morgan fingerprint density at radius 2 is 2.17 bits per heavy atom. The van der Waals surface area contributed by atoms with Crippen molar-refractivity contribution in [3.63, 3.8) is 0 Å². The number of rotatable bonds is 4. The molecular formula is C18H26FN3O2. The molecule has 2 N–H and O–H groups in total. The first-order chi connectivity index (χ1) is 11.6. The maximum atomic E-state index is 13.7. The third kappa shape index (κ3) is 3.61. The van der Waals surface area contributed by atoms with Crippen molar-refractivity contribution in [2.75, 3.05) is 39.4 Å². The lowest BCUT2D eigenvalue weighted by molar-refractivity contribution is -0.139. The van der Waals surface area contributed by atoms with Gasteiger partial charge in [0, 0.05) is 25.7 Å². The van der Waals surface area contributed by atoms with Crippen molar-refractivity contribution in [3.8, 4) is 0 Å². The fourth-order valence-electron chi connectivity index (χ4n) is 3.80. The second kappa shape index (κ2) is 7.59. The molecule has 2 heterocycles. The van der Waals surface area contributed by atoms with Gasteiger partial charge in [-0.15, -0.1) is 0 Å². The van der Waals surface area contributed by atoms with Crippen LogP contribution in [0.1, 0.15) is 24.9 Å². The van der Waals surface area contributed by atoms with Crippen molar-refractivity contribution in [3.05, 3.63) is 35.6 Å². The van der Waals surface area contributed by atoms with Gasteiger partial charge in [-0.25, -0.2) is 4.39 Å². The molecule has 6 heteroatoms. The minimum absolute atomic E-state index is 0.0472. The van der Waals surface area contributed by atoms with Gasteiger partial charge in [0.1, 0.15) is 11.9 Å². The third-order valence-corrected chi connectivity index (χ3v) is 5.09. The first kappa shape index (κ1) is 17.3. The standard InChI is InChI=1S/C18H26FN3O2/c1-13-9-14(11-20)12-22(13)18(23)17(21-5-7-24-8-6-21)15-3-2-4-16(19)10-15/h2-4,10,13-14,17H,5-9,11-12,20H2,1H3. The summed E-state index contributed by atoms with van der Waals surface area (Å²) in [6, 6.07) is 6.10. The van der Waals surface area contributed by atoms with Crippen LogP contribution < -0.4 is 5.73 Å². The van der Waals surface area contributed by atoms with E-state index in [1.807, 2.05) is 11.0 Å². The van der Waals surface area contributed by atoms with E-state index < -0.39 is 6.04 Å². The summed E-state index contributed by atoms with van der Waals surface area (Å²) in [5.74, 6) is 0.0839. The van der Waals surface area contributed by atoms with Gasteiger partial charge in [-0.2, -0.15) is 0 Å². The van der Waals surface area contributed by atoms with E-state index in [0.717, 1.165) is 6.42 Å². The van der Waals surface area contributed by atoms with Gasteiger partial charge in [-0.1, -0.05) is 12.1 Å². The molecule has 0 aromatic heterocycles. The predicted octanol–water partition coefficient (Wildman–Crippen LogP) is 1.39. The molecule has 1 aromatic carbocycles. The number of hydrogen-bond donors (Lipinski definition) is 1. The van der Waals surface area contributed by atoms with E-state index in [4.69, 9.17) is 10.5 Å². The third-order valence-electron chi connectivity index (χ3n) is 5.09. The molecule has 5 nitrogen and oxygen atoms in total. The lowest BCUT2D eigenvalue weighted by Gasteiger charge is -2.37. The molecule has 0 bridgehead atoms. The topological polar surface area (TPSA) is 58.8 Å². The van der Waals surface area contributed by atoms with Crippen LogP contribution in [-0.2, 0) is 9.53 Å². The number of nitrogens with zero attached hydrogens (tertiary/aromatic N) is 2. The molecule has 0 spiro atoms. The summed E-state index contributed by atoms with van der Waals surface area (Å²) in [6.07, 6.45) is 0.932. The number of halogens is 1. The summed E-state index contributed by atoms with van der Waals surface area (Å²) in [6.45, 7) is 5.89. The smallest absolute Gasteiger partial charge is 0.244 e. The summed E-state index contributed by atoms with van der Waals surface area (Å²) in [7, 11) is 0. The molecule has 0 aliphatic carbocycles. The van der Waals surface area contributed by atoms with Crippen molar-refractivity contribution in [1.29, 1.82) is 0 Å². The highest BCUT2D eigenvalue weighted by atomic mass is 19.1. The Morgan fingerprint density at radius 3 is 2.79 bits per heavy atom. The molecule has 2 saturated heterocycles. The minimum atomic E-state index is -0.455. The van der Waals surface area contributed by atoms with Crippen molar-refractivity contribution in [1.82, 2.24) is 9.80 Å². The summed E-state index contributed by atoms with van der Waals surface area (Å²) in [4.78, 5) is 17.3. The number of morpholine rings is 1. The van der Waals surface area contributed by atoms with Gasteiger partial charge in [0.25, 0.3) is 0 Å². The van der Waals surface area contributed by atoms with E-state index in [9.17, 15) is 9.18 Å². The minimum Gasteiger partial charge on any atom is -0.379 e. The molecule has 24 heavy (non-hydrogen) atoms. The molecule has 1 amide bonds. The first-order valence-corrected chi connectivity index (χ1v) is 8.68. The highest BCUT2D eigenvalue weighted by Crippen LogP contribution is 2.30. The number of hydrogen-bond acceptors (Lipinski definition) is 4. The fraction of sp³-hybridized carbons (Fsp3) is 0.611. The van der Waals surface area contributed by atoms with E-state index >= 15 is 0 Å². The second-order valence-corrected chi connectivity index (χ2v) is 6.78. The van der Waals surface area contributed by atoms with Crippen molar-refractivity contribution in [2.24, 2.45) is 11.7 Å². The van der Waals surface area contributed by atoms with Crippen LogP contribution in [0, 0.1) is 11.7 Å². The number of carbonyl (C=O) groups excluding carboxylic acids is 1. The number of nitrogens with two attached hydrogens (primary N) is 1. The van der Waals surface area contributed by atoms with Crippen molar-refractivity contribution >= 4 is 5.91 Å².